The molecule has 3 aromatic rings. The van der Waals surface area contributed by atoms with Crippen LogP contribution in [0.5, 0.6) is 5.75 Å². The number of benzene rings is 1. The number of amides is 1. The molecule has 2 aromatic heterocycles. The highest BCUT2D eigenvalue weighted by atomic mass is 16.5. The van der Waals surface area contributed by atoms with Crippen molar-refractivity contribution < 1.29 is 13.9 Å². The predicted octanol–water partition coefficient (Wildman–Crippen LogP) is 2.68. The van der Waals surface area contributed by atoms with E-state index in [0.29, 0.717) is 17.1 Å². The van der Waals surface area contributed by atoms with Crippen LogP contribution in [-0.4, -0.2) is 54.3 Å². The zero-order valence-corrected chi connectivity index (χ0v) is 16.0. The van der Waals surface area contributed by atoms with E-state index in [1.54, 1.807) is 18.1 Å². The third kappa shape index (κ3) is 2.69. The van der Waals surface area contributed by atoms with Crippen LogP contribution in [0, 0.1) is 0 Å². The molecule has 1 aliphatic carbocycles. The Morgan fingerprint density at radius 1 is 1.25 bits per heavy atom. The number of carbonyl (C=O) groups is 1. The summed E-state index contributed by atoms with van der Waals surface area (Å²) in [4.78, 5) is 16.8. The molecule has 0 N–H and O–H groups in total. The number of ether oxygens (including phenoxy) is 1. The van der Waals surface area contributed by atoms with Gasteiger partial charge in [-0.25, -0.2) is 0 Å². The van der Waals surface area contributed by atoms with Gasteiger partial charge in [0.15, 0.2) is 22.9 Å². The Morgan fingerprint density at radius 2 is 2.11 bits per heavy atom. The molecule has 7 heteroatoms. The summed E-state index contributed by atoms with van der Waals surface area (Å²) < 4.78 is 11.1. The Balaban J connectivity index is 1.28. The van der Waals surface area contributed by atoms with Crippen LogP contribution in [0.15, 0.2) is 34.7 Å². The number of aromatic nitrogens is 2. The summed E-state index contributed by atoms with van der Waals surface area (Å²) in [6.45, 7) is 1.50. The van der Waals surface area contributed by atoms with Crippen molar-refractivity contribution in [3.05, 3.63) is 47.3 Å². The van der Waals surface area contributed by atoms with Crippen LogP contribution in [0.3, 0.4) is 0 Å². The minimum absolute atomic E-state index is 0.122. The summed E-state index contributed by atoms with van der Waals surface area (Å²) in [7, 11) is 3.42. The first kappa shape index (κ1) is 17.0. The lowest BCUT2D eigenvalue weighted by Gasteiger charge is -2.44. The van der Waals surface area contributed by atoms with Crippen molar-refractivity contribution in [1.29, 1.82) is 0 Å². The number of hydrogen-bond acceptors (Lipinski definition) is 6. The first-order valence-electron chi connectivity index (χ1n) is 9.58. The molecule has 0 unspecified atom stereocenters. The van der Waals surface area contributed by atoms with Gasteiger partial charge in [-0.05, 0) is 43.0 Å². The Labute approximate surface area is 162 Å². The van der Waals surface area contributed by atoms with Crippen LogP contribution in [-0.2, 0) is 12.8 Å². The fraction of sp³-hybridized carbons (Fsp3) is 0.381. The molecule has 0 atom stereocenters. The fourth-order valence-corrected chi connectivity index (χ4v) is 4.00. The van der Waals surface area contributed by atoms with E-state index >= 15 is 0 Å². The van der Waals surface area contributed by atoms with Gasteiger partial charge in [0, 0.05) is 25.5 Å². The smallest absolute Gasteiger partial charge is 0.289 e. The molecule has 144 valence electrons. The molecule has 3 heterocycles. The molecule has 0 radical (unpaired) electrons. The summed E-state index contributed by atoms with van der Waals surface area (Å²) >= 11 is 0. The summed E-state index contributed by atoms with van der Waals surface area (Å²) in [5, 5.41) is 9.57. The standard InChI is InChI=1S/C21H22N4O3/c1-24(21(26)18-9-14-6-4-8-17(27-2)20(14)28-18)15-11-25(12-15)19-10-13-5-3-7-16(13)22-23-19/h4,6,8-10,15H,3,5,7,11-12H2,1-2H3. The number of furan rings is 1. The summed E-state index contributed by atoms with van der Waals surface area (Å²) in [5.74, 6) is 1.75. The first-order valence-corrected chi connectivity index (χ1v) is 9.58. The number of anilines is 1. The summed E-state index contributed by atoms with van der Waals surface area (Å²) in [6.07, 6.45) is 3.28. The van der Waals surface area contributed by atoms with Gasteiger partial charge in [-0.2, -0.15) is 5.10 Å². The number of fused-ring (bicyclic) bond motifs is 2. The minimum atomic E-state index is -0.122. The van der Waals surface area contributed by atoms with Crippen LogP contribution < -0.4 is 9.64 Å². The molecule has 7 nitrogen and oxygen atoms in total. The van der Waals surface area contributed by atoms with Gasteiger partial charge in [0.1, 0.15) is 0 Å². The lowest BCUT2D eigenvalue weighted by Crippen LogP contribution is -2.60. The van der Waals surface area contributed by atoms with Crippen LogP contribution in [0.1, 0.15) is 28.2 Å². The molecule has 2 aliphatic rings. The normalized spacial score (nSPS) is 16.1. The average Bonchev–Trinajstić information content (AvgIpc) is 3.32. The van der Waals surface area contributed by atoms with Gasteiger partial charge in [0.25, 0.3) is 5.91 Å². The van der Waals surface area contributed by atoms with E-state index in [-0.39, 0.29) is 11.9 Å². The molecule has 1 aromatic carbocycles. The van der Waals surface area contributed by atoms with E-state index in [1.807, 2.05) is 25.2 Å². The van der Waals surface area contributed by atoms with Crippen molar-refractivity contribution in [3.8, 4) is 5.75 Å². The number of methoxy groups -OCH3 is 1. The number of carbonyl (C=O) groups excluding carboxylic acids is 1. The zero-order valence-electron chi connectivity index (χ0n) is 16.0. The van der Waals surface area contributed by atoms with E-state index in [1.165, 1.54) is 5.56 Å². The molecule has 1 amide bonds. The van der Waals surface area contributed by atoms with Gasteiger partial charge in [0.2, 0.25) is 0 Å². The lowest BCUT2D eigenvalue weighted by molar-refractivity contribution is 0.0675. The zero-order chi connectivity index (χ0) is 19.3. The lowest BCUT2D eigenvalue weighted by atomic mass is 10.1. The van der Waals surface area contributed by atoms with Gasteiger partial charge in [-0.15, -0.1) is 5.10 Å². The number of nitrogens with zero attached hydrogens (tertiary/aromatic N) is 4. The minimum Gasteiger partial charge on any atom is -0.493 e. The third-order valence-corrected chi connectivity index (χ3v) is 5.80. The highest BCUT2D eigenvalue weighted by molar-refractivity contribution is 5.97. The number of hydrogen-bond donors (Lipinski definition) is 0. The van der Waals surface area contributed by atoms with Gasteiger partial charge in [-0.1, -0.05) is 12.1 Å². The van der Waals surface area contributed by atoms with E-state index in [4.69, 9.17) is 9.15 Å². The van der Waals surface area contributed by atoms with Crippen LogP contribution in [0.25, 0.3) is 11.0 Å². The largest absolute Gasteiger partial charge is 0.493 e. The van der Waals surface area contributed by atoms with Crippen LogP contribution >= 0.6 is 0 Å². The molecule has 1 aliphatic heterocycles. The average molecular weight is 378 g/mol. The van der Waals surface area contributed by atoms with E-state index in [2.05, 4.69) is 21.2 Å². The second-order valence-corrected chi connectivity index (χ2v) is 7.49. The Hall–Kier alpha value is -3.09. The van der Waals surface area contributed by atoms with Crippen molar-refractivity contribution in [2.75, 3.05) is 32.1 Å². The van der Waals surface area contributed by atoms with Crippen LogP contribution in [0.2, 0.25) is 0 Å². The van der Waals surface area contributed by atoms with Crippen molar-refractivity contribution >= 4 is 22.7 Å². The molecule has 28 heavy (non-hydrogen) atoms. The molecule has 1 saturated heterocycles. The SMILES string of the molecule is COc1cccc2cc(C(=O)N(C)C3CN(c4cc5c(nn4)CCC5)C3)oc12. The van der Waals surface area contributed by atoms with E-state index in [0.717, 1.165) is 49.2 Å². The number of para-hydroxylation sites is 1. The monoisotopic (exact) mass is 378 g/mol. The molecule has 0 saturated carbocycles. The van der Waals surface area contributed by atoms with E-state index < -0.39 is 0 Å². The third-order valence-electron chi connectivity index (χ3n) is 5.80. The topological polar surface area (TPSA) is 71.7 Å². The first-order chi connectivity index (χ1) is 13.6. The summed E-state index contributed by atoms with van der Waals surface area (Å²) in [5.41, 5.74) is 3.05. The van der Waals surface area contributed by atoms with Crippen molar-refractivity contribution in [1.82, 2.24) is 15.1 Å². The highest BCUT2D eigenvalue weighted by Crippen LogP contribution is 2.30. The Bertz CT molecular complexity index is 1050. The van der Waals surface area contributed by atoms with Gasteiger partial charge in [0.05, 0.1) is 18.8 Å². The maximum atomic E-state index is 12.9. The van der Waals surface area contributed by atoms with Crippen molar-refractivity contribution in [2.24, 2.45) is 0 Å². The van der Waals surface area contributed by atoms with Gasteiger partial charge < -0.3 is 19.0 Å². The fourth-order valence-electron chi connectivity index (χ4n) is 4.00. The quantitative estimate of drug-likeness (QED) is 0.695. The Morgan fingerprint density at radius 3 is 2.93 bits per heavy atom. The maximum Gasteiger partial charge on any atom is 0.289 e. The Kier molecular flexibility index (Phi) is 3.96. The molecule has 1 fully saturated rings. The molecular weight excluding hydrogens is 356 g/mol. The number of likely N-dealkylation sites (N-methyl/N-ethyl adjacent to an activating group) is 1. The van der Waals surface area contributed by atoms with E-state index in [9.17, 15) is 4.79 Å². The van der Waals surface area contributed by atoms with Crippen molar-refractivity contribution in [3.63, 3.8) is 0 Å². The summed E-state index contributed by atoms with van der Waals surface area (Å²) in [6, 6.07) is 9.67. The maximum absolute atomic E-state index is 12.9. The van der Waals surface area contributed by atoms with Crippen molar-refractivity contribution in [2.45, 2.75) is 25.3 Å². The second kappa shape index (κ2) is 6.51. The molecule has 0 bridgehead atoms. The predicted molar refractivity (Wildman–Crippen MR) is 105 cm³/mol. The van der Waals surface area contributed by atoms with Crippen LogP contribution in [0.4, 0.5) is 5.82 Å². The highest BCUT2D eigenvalue weighted by Gasteiger charge is 2.35. The molecular formula is C21H22N4O3. The number of rotatable bonds is 4. The number of aryl methyl sites for hydroxylation is 2. The second-order valence-electron chi connectivity index (χ2n) is 7.49. The van der Waals surface area contributed by atoms with Gasteiger partial charge >= 0.3 is 0 Å². The molecule has 0 spiro atoms. The van der Waals surface area contributed by atoms with Gasteiger partial charge in [-0.3, -0.25) is 4.79 Å². The molecule has 5 rings (SSSR count).